The summed E-state index contributed by atoms with van der Waals surface area (Å²) in [5, 5.41) is 1.50. The minimum atomic E-state index is -4.21. The van der Waals surface area contributed by atoms with Crippen LogP contribution in [0.5, 0.6) is 0 Å². The predicted octanol–water partition coefficient (Wildman–Crippen LogP) is 3.57. The van der Waals surface area contributed by atoms with Crippen LogP contribution in [0.3, 0.4) is 0 Å². The van der Waals surface area contributed by atoms with Gasteiger partial charge in [-0.2, -0.15) is 0 Å². The molecule has 5 nitrogen and oxygen atoms in total. The van der Waals surface area contributed by atoms with E-state index in [0.29, 0.717) is 0 Å². The summed E-state index contributed by atoms with van der Waals surface area (Å²) in [7, 11) is 0. The molecule has 3 rings (SSSR count). The van der Waals surface area contributed by atoms with Gasteiger partial charge in [-0.05, 0) is 30.1 Å². The van der Waals surface area contributed by atoms with Crippen molar-refractivity contribution in [2.45, 2.75) is 38.3 Å². The zero-order chi connectivity index (χ0) is 29.1. The molecule has 150 valence electrons. The molecule has 1 N–H and O–H groups in total. The van der Waals surface area contributed by atoms with E-state index in [2.05, 4.69) is 9.97 Å². The van der Waals surface area contributed by atoms with Crippen LogP contribution in [0.1, 0.15) is 55.1 Å². The number of carbonyl (C=O) groups is 1. The molecule has 28 heavy (non-hydrogen) atoms. The van der Waals surface area contributed by atoms with E-state index in [0.717, 1.165) is 30.6 Å². The van der Waals surface area contributed by atoms with E-state index in [1.165, 1.54) is 6.92 Å². The molecule has 1 aromatic heterocycles. The average molecular weight is 419 g/mol. The Morgan fingerprint density at radius 3 is 2.86 bits per heavy atom. The number of aryl methyl sites for hydroxylation is 1. The van der Waals surface area contributed by atoms with Crippen LogP contribution in [-0.4, -0.2) is 46.0 Å². The molecule has 1 aromatic carbocycles. The van der Waals surface area contributed by atoms with Crippen LogP contribution in [0.2, 0.25) is 5.02 Å². The summed E-state index contributed by atoms with van der Waals surface area (Å²) < 4.78 is 111. The van der Waals surface area contributed by atoms with Crippen molar-refractivity contribution in [3.05, 3.63) is 58.4 Å². The standard InChI is InChI=1S/C20H23ClF2N4O/c1-2-14-10-25-18(26-11-14)12-24-13-20(23)5-7-27(8-6-20)19(28)15-3-4-17(22)16(21)9-15/h3-4,9-11,24H,2,5-8,12-13H2,1H3/i2D2,5D2,6D2,7D2,13D2. The van der Waals surface area contributed by atoms with E-state index in [1.807, 2.05) is 5.32 Å². The highest BCUT2D eigenvalue weighted by atomic mass is 35.5. The van der Waals surface area contributed by atoms with Gasteiger partial charge in [-0.15, -0.1) is 0 Å². The topological polar surface area (TPSA) is 58.1 Å². The molecule has 2 heterocycles. The fraction of sp³-hybridized carbons (Fsp3) is 0.450. The Kier molecular flexibility index (Phi) is 3.56. The number of piperidine rings is 1. The van der Waals surface area contributed by atoms with Crippen molar-refractivity contribution >= 4 is 17.5 Å². The van der Waals surface area contributed by atoms with Crippen LogP contribution in [0, 0.1) is 5.82 Å². The van der Waals surface area contributed by atoms with Crippen molar-refractivity contribution in [2.75, 3.05) is 19.5 Å². The molecule has 0 spiro atoms. The van der Waals surface area contributed by atoms with Gasteiger partial charge in [0, 0.05) is 63.9 Å². The average Bonchev–Trinajstić information content (AvgIpc) is 2.80. The van der Waals surface area contributed by atoms with E-state index >= 15 is 4.39 Å². The Hall–Kier alpha value is -2.12. The van der Waals surface area contributed by atoms with E-state index in [1.54, 1.807) is 0 Å². The van der Waals surface area contributed by atoms with Crippen molar-refractivity contribution in [3.8, 4) is 0 Å². The summed E-state index contributed by atoms with van der Waals surface area (Å²) >= 11 is 5.67. The molecule has 0 saturated carbocycles. The van der Waals surface area contributed by atoms with Gasteiger partial charge in [-0.25, -0.2) is 18.7 Å². The number of benzene rings is 1. The lowest BCUT2D eigenvalue weighted by molar-refractivity contribution is 0.0434. The van der Waals surface area contributed by atoms with Crippen LogP contribution in [0.25, 0.3) is 0 Å². The molecule has 1 aliphatic rings. The van der Waals surface area contributed by atoms with Gasteiger partial charge in [0.05, 0.1) is 11.6 Å². The summed E-state index contributed by atoms with van der Waals surface area (Å²) in [5.41, 5.74) is -4.53. The van der Waals surface area contributed by atoms with E-state index in [9.17, 15) is 9.18 Å². The highest BCUT2D eigenvalue weighted by Crippen LogP contribution is 2.27. The molecule has 8 heteroatoms. The smallest absolute Gasteiger partial charge is 0.253 e. The number of amides is 1. The van der Waals surface area contributed by atoms with Crippen molar-refractivity contribution < 1.29 is 27.3 Å². The molecule has 0 bridgehead atoms. The fourth-order valence-corrected chi connectivity index (χ4v) is 2.40. The quantitative estimate of drug-likeness (QED) is 0.779. The number of hydrogen-bond donors (Lipinski definition) is 1. The van der Waals surface area contributed by atoms with E-state index in [-0.39, 0.29) is 16.3 Å². The third-order valence-electron chi connectivity index (χ3n) is 3.76. The van der Waals surface area contributed by atoms with Crippen LogP contribution in [0.4, 0.5) is 8.78 Å². The first-order valence-electron chi connectivity index (χ1n) is 13.1. The third kappa shape index (κ3) is 5.02. The molecule has 1 atom stereocenters. The largest absolute Gasteiger partial charge is 0.338 e. The lowest BCUT2D eigenvalue weighted by Gasteiger charge is -2.36. The Balaban J connectivity index is 1.96. The monoisotopic (exact) mass is 418 g/mol. The van der Waals surface area contributed by atoms with Crippen LogP contribution in [0.15, 0.2) is 30.6 Å². The molecule has 1 amide bonds. The lowest BCUT2D eigenvalue weighted by Crippen LogP contribution is -2.48. The summed E-state index contributed by atoms with van der Waals surface area (Å²) in [4.78, 5) is 20.8. The second kappa shape index (κ2) is 8.92. The second-order valence-corrected chi connectivity index (χ2v) is 6.12. The predicted molar refractivity (Wildman–Crippen MR) is 104 cm³/mol. The zero-order valence-electron chi connectivity index (χ0n) is 24.7. The molecule has 1 fully saturated rings. The number of nitrogens with zero attached hydrogens (tertiary/aromatic N) is 3. The summed E-state index contributed by atoms with van der Waals surface area (Å²) in [6.07, 6.45) is -7.02. The number of hydrogen-bond acceptors (Lipinski definition) is 4. The maximum absolute atomic E-state index is 16.6. The minimum absolute atomic E-state index is 0.0883. The number of nitrogens with one attached hydrogen (secondary N) is 1. The highest BCUT2D eigenvalue weighted by molar-refractivity contribution is 6.31. The molecule has 2 aromatic rings. The van der Waals surface area contributed by atoms with Gasteiger partial charge in [0.2, 0.25) is 0 Å². The second-order valence-electron chi connectivity index (χ2n) is 5.71. The summed E-state index contributed by atoms with van der Waals surface area (Å²) in [6, 6.07) is 2.54. The summed E-state index contributed by atoms with van der Waals surface area (Å²) in [6.45, 7) is -7.97. The Morgan fingerprint density at radius 1 is 1.43 bits per heavy atom. The number of rotatable bonds is 6. The summed E-state index contributed by atoms with van der Waals surface area (Å²) in [5.74, 6) is -2.37. The SMILES string of the molecule is [2H]C([2H])(C)c1cnc(CNC([2H])([2H])C2(F)C([2H])([2H])CN(C(=O)c3ccc(F)c(Cl)c3)C([2H])([2H])C2([2H])[2H])nc1. The maximum atomic E-state index is 16.6. The first-order chi connectivity index (χ1) is 17.1. The fourth-order valence-electron chi connectivity index (χ4n) is 2.22. The van der Waals surface area contributed by atoms with Crippen LogP contribution >= 0.6 is 11.6 Å². The number of halogens is 3. The van der Waals surface area contributed by atoms with E-state index < -0.39 is 73.2 Å². The van der Waals surface area contributed by atoms with Crippen molar-refractivity contribution in [3.63, 3.8) is 0 Å². The molecule has 0 aliphatic carbocycles. The van der Waals surface area contributed by atoms with Crippen LogP contribution in [-0.2, 0) is 12.9 Å². The number of carbonyl (C=O) groups excluding carboxylic acids is 1. The van der Waals surface area contributed by atoms with Gasteiger partial charge in [0.1, 0.15) is 17.3 Å². The van der Waals surface area contributed by atoms with Gasteiger partial charge in [-0.3, -0.25) is 4.79 Å². The van der Waals surface area contributed by atoms with Gasteiger partial charge in [0.25, 0.3) is 5.91 Å². The maximum Gasteiger partial charge on any atom is 0.253 e. The normalized spacial score (nSPS) is 31.4. The zero-order valence-corrected chi connectivity index (χ0v) is 15.4. The molecular formula is C20H23ClF2N4O. The highest BCUT2D eigenvalue weighted by Gasteiger charge is 2.36. The lowest BCUT2D eigenvalue weighted by atomic mass is 9.92. The molecule has 1 saturated heterocycles. The molecule has 0 radical (unpaired) electrons. The third-order valence-corrected chi connectivity index (χ3v) is 4.05. The van der Waals surface area contributed by atoms with Crippen molar-refractivity contribution in [2.24, 2.45) is 0 Å². The van der Waals surface area contributed by atoms with Gasteiger partial charge in [-0.1, -0.05) is 18.5 Å². The Labute approximate surface area is 182 Å². The van der Waals surface area contributed by atoms with Gasteiger partial charge in [0.15, 0.2) is 0 Å². The minimum Gasteiger partial charge on any atom is -0.338 e. The van der Waals surface area contributed by atoms with Crippen molar-refractivity contribution in [1.29, 1.82) is 0 Å². The number of likely N-dealkylation sites (tertiary alicyclic amines) is 1. The van der Waals surface area contributed by atoms with Gasteiger partial charge < -0.3 is 10.2 Å². The first-order valence-corrected chi connectivity index (χ1v) is 8.50. The van der Waals surface area contributed by atoms with Crippen LogP contribution < -0.4 is 5.32 Å². The van der Waals surface area contributed by atoms with Crippen molar-refractivity contribution in [1.82, 2.24) is 20.2 Å². The number of alkyl halides is 1. The molecule has 1 aliphatic heterocycles. The van der Waals surface area contributed by atoms with E-state index in [4.69, 9.17) is 25.3 Å². The first kappa shape index (κ1) is 11.2. The number of aromatic nitrogens is 2. The molecular weight excluding hydrogens is 386 g/mol. The Morgan fingerprint density at radius 2 is 2.18 bits per heavy atom. The molecule has 1 unspecified atom stereocenters. The Bertz CT molecular complexity index is 1230. The van der Waals surface area contributed by atoms with Gasteiger partial charge >= 0.3 is 0 Å².